The molecular formula is C11H8ClFN4O3. The number of halogens is 2. The standard InChI is InChI=1S/C11H8ClFN4O3/c1-20-9-4-7(13)8(17(18)19)2-6(9)3-10-14-5-15-11(12)16-10/h2,4-5H,3H2,1H3. The van der Waals surface area contributed by atoms with Gasteiger partial charge in [-0.2, -0.15) is 4.39 Å². The summed E-state index contributed by atoms with van der Waals surface area (Å²) in [5, 5.41) is 10.7. The van der Waals surface area contributed by atoms with Gasteiger partial charge < -0.3 is 4.74 Å². The lowest BCUT2D eigenvalue weighted by molar-refractivity contribution is -0.387. The highest BCUT2D eigenvalue weighted by Gasteiger charge is 2.19. The molecule has 0 fully saturated rings. The normalized spacial score (nSPS) is 10.3. The summed E-state index contributed by atoms with van der Waals surface area (Å²) >= 11 is 5.63. The Balaban J connectivity index is 2.44. The van der Waals surface area contributed by atoms with Gasteiger partial charge in [-0.3, -0.25) is 10.1 Å². The quantitative estimate of drug-likeness (QED) is 0.634. The molecule has 0 aliphatic carbocycles. The van der Waals surface area contributed by atoms with E-state index >= 15 is 0 Å². The fourth-order valence-electron chi connectivity index (χ4n) is 1.62. The van der Waals surface area contributed by atoms with E-state index < -0.39 is 16.4 Å². The number of methoxy groups -OCH3 is 1. The summed E-state index contributed by atoms with van der Waals surface area (Å²) in [6.07, 6.45) is 1.32. The van der Waals surface area contributed by atoms with Crippen molar-refractivity contribution in [1.82, 2.24) is 15.0 Å². The molecule has 0 saturated heterocycles. The monoisotopic (exact) mass is 298 g/mol. The average Bonchev–Trinajstić information content (AvgIpc) is 2.40. The molecule has 104 valence electrons. The lowest BCUT2D eigenvalue weighted by Crippen LogP contribution is -2.02. The van der Waals surface area contributed by atoms with Crippen LogP contribution in [0.5, 0.6) is 5.75 Å². The van der Waals surface area contributed by atoms with Crippen LogP contribution in [0, 0.1) is 15.9 Å². The Labute approximate surface area is 117 Å². The summed E-state index contributed by atoms with van der Waals surface area (Å²) in [4.78, 5) is 21.3. The van der Waals surface area contributed by atoms with Crippen molar-refractivity contribution in [3.63, 3.8) is 0 Å². The maximum absolute atomic E-state index is 13.5. The molecule has 1 heterocycles. The van der Waals surface area contributed by atoms with Gasteiger partial charge in [0.2, 0.25) is 11.1 Å². The van der Waals surface area contributed by atoms with Crippen LogP contribution in [0.15, 0.2) is 18.5 Å². The van der Waals surface area contributed by atoms with Crippen molar-refractivity contribution in [1.29, 1.82) is 0 Å². The minimum atomic E-state index is -0.968. The van der Waals surface area contributed by atoms with Crippen LogP contribution in [0.25, 0.3) is 0 Å². The van der Waals surface area contributed by atoms with E-state index in [1.807, 2.05) is 0 Å². The first-order valence-corrected chi connectivity index (χ1v) is 5.73. The third-order valence-corrected chi connectivity index (χ3v) is 2.67. The number of hydrogen-bond acceptors (Lipinski definition) is 6. The number of nitro groups is 1. The number of nitrogens with zero attached hydrogens (tertiary/aromatic N) is 4. The Kier molecular flexibility index (Phi) is 4.04. The number of aromatic nitrogens is 3. The summed E-state index contributed by atoms with van der Waals surface area (Å²) in [5.74, 6) is -0.502. The van der Waals surface area contributed by atoms with Crippen LogP contribution in [-0.2, 0) is 6.42 Å². The molecule has 1 aromatic carbocycles. The minimum absolute atomic E-state index is 0.00517. The lowest BCUT2D eigenvalue weighted by Gasteiger charge is -2.08. The maximum Gasteiger partial charge on any atom is 0.305 e. The summed E-state index contributed by atoms with van der Waals surface area (Å²) in [7, 11) is 1.34. The van der Waals surface area contributed by atoms with Crippen LogP contribution in [0.1, 0.15) is 11.4 Å². The second-order valence-electron chi connectivity index (χ2n) is 3.72. The van der Waals surface area contributed by atoms with Crippen molar-refractivity contribution in [3.05, 3.63) is 51.1 Å². The van der Waals surface area contributed by atoms with Crippen molar-refractivity contribution < 1.29 is 14.1 Å². The lowest BCUT2D eigenvalue weighted by atomic mass is 10.1. The summed E-state index contributed by atoms with van der Waals surface area (Å²) < 4.78 is 18.5. The van der Waals surface area contributed by atoms with Gasteiger partial charge in [0.05, 0.1) is 12.0 Å². The molecule has 0 amide bonds. The van der Waals surface area contributed by atoms with E-state index in [1.165, 1.54) is 13.4 Å². The van der Waals surface area contributed by atoms with E-state index in [0.717, 1.165) is 12.1 Å². The first-order chi connectivity index (χ1) is 9.51. The van der Waals surface area contributed by atoms with Gasteiger partial charge >= 0.3 is 5.69 Å². The summed E-state index contributed by atoms with van der Waals surface area (Å²) in [6, 6.07) is 2.04. The number of rotatable bonds is 4. The van der Waals surface area contributed by atoms with Gasteiger partial charge in [0.1, 0.15) is 17.9 Å². The molecule has 20 heavy (non-hydrogen) atoms. The number of nitro benzene ring substituents is 1. The molecule has 0 saturated carbocycles. The van der Waals surface area contributed by atoms with Gasteiger partial charge in [-0.1, -0.05) is 0 Å². The van der Waals surface area contributed by atoms with E-state index in [4.69, 9.17) is 16.3 Å². The topological polar surface area (TPSA) is 91.0 Å². The zero-order valence-electron chi connectivity index (χ0n) is 10.2. The highest BCUT2D eigenvalue weighted by molar-refractivity contribution is 6.28. The van der Waals surface area contributed by atoms with Gasteiger partial charge in [0.25, 0.3) is 0 Å². The average molecular weight is 299 g/mol. The Hall–Kier alpha value is -2.35. The molecule has 0 N–H and O–H groups in total. The van der Waals surface area contributed by atoms with Crippen LogP contribution >= 0.6 is 11.6 Å². The Morgan fingerprint density at radius 1 is 1.45 bits per heavy atom. The Morgan fingerprint density at radius 2 is 2.20 bits per heavy atom. The van der Waals surface area contributed by atoms with Crippen molar-refractivity contribution in [3.8, 4) is 5.75 Å². The Bertz CT molecular complexity index is 668. The molecule has 9 heteroatoms. The van der Waals surface area contributed by atoms with Gasteiger partial charge in [-0.25, -0.2) is 15.0 Å². The van der Waals surface area contributed by atoms with E-state index in [2.05, 4.69) is 15.0 Å². The number of ether oxygens (including phenoxy) is 1. The van der Waals surface area contributed by atoms with Gasteiger partial charge in [-0.15, -0.1) is 0 Å². The van der Waals surface area contributed by atoms with Crippen LogP contribution in [0.4, 0.5) is 10.1 Å². The number of benzene rings is 1. The summed E-state index contributed by atoms with van der Waals surface area (Å²) in [6.45, 7) is 0. The maximum atomic E-state index is 13.5. The fourth-order valence-corrected chi connectivity index (χ4v) is 1.76. The molecule has 0 radical (unpaired) electrons. The highest BCUT2D eigenvalue weighted by Crippen LogP contribution is 2.28. The third-order valence-electron chi connectivity index (χ3n) is 2.49. The molecule has 7 nitrogen and oxygen atoms in total. The van der Waals surface area contributed by atoms with Crippen molar-refractivity contribution in [2.75, 3.05) is 7.11 Å². The van der Waals surface area contributed by atoms with Crippen molar-refractivity contribution >= 4 is 17.3 Å². The molecule has 1 aromatic heterocycles. The smallest absolute Gasteiger partial charge is 0.305 e. The predicted molar refractivity (Wildman–Crippen MR) is 67.2 cm³/mol. The van der Waals surface area contributed by atoms with Crippen LogP contribution in [0.3, 0.4) is 0 Å². The van der Waals surface area contributed by atoms with E-state index in [9.17, 15) is 14.5 Å². The molecule has 2 aromatic rings. The predicted octanol–water partition coefficient (Wildman–Crippen LogP) is 2.17. The molecule has 2 rings (SSSR count). The second kappa shape index (κ2) is 5.74. The highest BCUT2D eigenvalue weighted by atomic mass is 35.5. The van der Waals surface area contributed by atoms with E-state index in [0.29, 0.717) is 11.4 Å². The van der Waals surface area contributed by atoms with Crippen molar-refractivity contribution in [2.24, 2.45) is 0 Å². The first-order valence-electron chi connectivity index (χ1n) is 5.35. The second-order valence-corrected chi connectivity index (χ2v) is 4.06. The zero-order chi connectivity index (χ0) is 14.7. The molecule has 0 bridgehead atoms. The van der Waals surface area contributed by atoms with Crippen LogP contribution in [0.2, 0.25) is 5.28 Å². The Morgan fingerprint density at radius 3 is 2.80 bits per heavy atom. The molecule has 0 atom stereocenters. The van der Waals surface area contributed by atoms with Gasteiger partial charge in [-0.05, 0) is 11.6 Å². The summed E-state index contributed by atoms with van der Waals surface area (Å²) in [5.41, 5.74) is -0.260. The fraction of sp³-hybridized carbons (Fsp3) is 0.182. The van der Waals surface area contributed by atoms with Gasteiger partial charge in [0.15, 0.2) is 0 Å². The van der Waals surface area contributed by atoms with Crippen LogP contribution in [-0.4, -0.2) is 27.0 Å². The van der Waals surface area contributed by atoms with E-state index in [1.54, 1.807) is 0 Å². The largest absolute Gasteiger partial charge is 0.496 e. The van der Waals surface area contributed by atoms with Gasteiger partial charge in [0, 0.05) is 24.1 Å². The molecule has 0 aliphatic heterocycles. The SMILES string of the molecule is COc1cc(F)c([N+](=O)[O-])cc1Cc1ncnc(Cl)n1. The first kappa shape index (κ1) is 14.1. The van der Waals surface area contributed by atoms with E-state index in [-0.39, 0.29) is 17.5 Å². The molecular weight excluding hydrogens is 291 g/mol. The number of hydrogen-bond donors (Lipinski definition) is 0. The third kappa shape index (κ3) is 2.97. The molecule has 0 unspecified atom stereocenters. The minimum Gasteiger partial charge on any atom is -0.496 e. The van der Waals surface area contributed by atoms with Crippen LogP contribution < -0.4 is 4.74 Å². The molecule has 0 aliphatic rings. The molecule has 0 spiro atoms. The van der Waals surface area contributed by atoms with Crippen molar-refractivity contribution in [2.45, 2.75) is 6.42 Å². The zero-order valence-corrected chi connectivity index (χ0v) is 11.0.